The van der Waals surface area contributed by atoms with Gasteiger partial charge in [0, 0.05) is 6.07 Å². The van der Waals surface area contributed by atoms with Crippen LogP contribution >= 0.6 is 0 Å². The van der Waals surface area contributed by atoms with E-state index in [-0.39, 0.29) is 35.2 Å². The Morgan fingerprint density at radius 2 is 2.20 bits per heavy atom. The fourth-order valence-electron chi connectivity index (χ4n) is 1.41. The molecule has 0 aliphatic rings. The number of phenolic OH excluding ortho intramolecular Hbond substituents is 2. The van der Waals surface area contributed by atoms with Crippen LogP contribution in [0.1, 0.15) is 17.3 Å². The molecule has 1 heterocycles. The maximum Gasteiger partial charge on any atom is 0.343 e. The zero-order valence-electron chi connectivity index (χ0n) is 10.6. The average molecular weight is 276 g/mol. The lowest BCUT2D eigenvalue weighted by molar-refractivity contribution is 0.0527. The summed E-state index contributed by atoms with van der Waals surface area (Å²) in [4.78, 5) is 11.6. The molecule has 0 radical (unpaired) electrons. The quantitative estimate of drug-likeness (QED) is 0.585. The largest absolute Gasteiger partial charge is 0.508 e. The van der Waals surface area contributed by atoms with E-state index in [2.05, 4.69) is 20.4 Å². The van der Waals surface area contributed by atoms with Crippen LogP contribution in [-0.4, -0.2) is 33.0 Å². The van der Waals surface area contributed by atoms with Gasteiger partial charge in [-0.05, 0) is 19.1 Å². The maximum absolute atomic E-state index is 11.6. The maximum atomic E-state index is 11.6. The molecule has 104 valence electrons. The number of aromatic nitrogens is 2. The molecular formula is C12H12N4O4. The van der Waals surface area contributed by atoms with Gasteiger partial charge >= 0.3 is 5.97 Å². The van der Waals surface area contributed by atoms with E-state index in [0.29, 0.717) is 0 Å². The molecule has 1 aromatic carbocycles. The third-order valence-electron chi connectivity index (χ3n) is 2.33. The highest BCUT2D eigenvalue weighted by Gasteiger charge is 2.14. The fourth-order valence-corrected chi connectivity index (χ4v) is 1.41. The molecule has 0 aliphatic carbocycles. The van der Waals surface area contributed by atoms with E-state index in [1.807, 2.05) is 0 Å². The number of benzene rings is 1. The Balaban J connectivity index is 2.24. The predicted octanol–water partition coefficient (Wildman–Crippen LogP) is 2.41. The van der Waals surface area contributed by atoms with Crippen molar-refractivity contribution in [3.05, 3.63) is 30.0 Å². The molecule has 0 aliphatic heterocycles. The van der Waals surface area contributed by atoms with Crippen LogP contribution in [0.25, 0.3) is 0 Å². The topological polar surface area (TPSA) is 120 Å². The zero-order valence-corrected chi connectivity index (χ0v) is 10.6. The lowest BCUT2D eigenvalue weighted by Gasteiger charge is -1.99. The number of hydrogen-bond donors (Lipinski definition) is 3. The molecule has 2 rings (SSSR count). The Morgan fingerprint density at radius 1 is 1.40 bits per heavy atom. The van der Waals surface area contributed by atoms with E-state index >= 15 is 0 Å². The van der Waals surface area contributed by atoms with E-state index in [1.165, 1.54) is 18.3 Å². The van der Waals surface area contributed by atoms with Crippen molar-refractivity contribution in [2.45, 2.75) is 6.92 Å². The number of rotatable bonds is 4. The lowest BCUT2D eigenvalue weighted by atomic mass is 10.3. The molecule has 2 aromatic rings. The average Bonchev–Trinajstić information content (AvgIpc) is 2.86. The Labute approximate surface area is 113 Å². The minimum atomic E-state index is -0.565. The molecule has 8 nitrogen and oxygen atoms in total. The summed E-state index contributed by atoms with van der Waals surface area (Å²) < 4.78 is 4.84. The summed E-state index contributed by atoms with van der Waals surface area (Å²) in [6.07, 6.45) is 1.28. The van der Waals surface area contributed by atoms with Gasteiger partial charge in [0.25, 0.3) is 0 Å². The van der Waals surface area contributed by atoms with E-state index in [9.17, 15) is 9.90 Å². The van der Waals surface area contributed by atoms with Crippen molar-refractivity contribution in [1.82, 2.24) is 10.2 Å². The summed E-state index contributed by atoms with van der Waals surface area (Å²) in [5, 5.41) is 32.5. The monoisotopic (exact) mass is 276 g/mol. The summed E-state index contributed by atoms with van der Waals surface area (Å²) in [5.41, 5.74) is 0.293. The number of esters is 1. The van der Waals surface area contributed by atoms with Gasteiger partial charge in [-0.3, -0.25) is 5.10 Å². The van der Waals surface area contributed by atoms with Gasteiger partial charge in [0.1, 0.15) is 22.7 Å². The fraction of sp³-hybridized carbons (Fsp3) is 0.167. The van der Waals surface area contributed by atoms with Crippen LogP contribution in [0.3, 0.4) is 0 Å². The number of aromatic hydroxyl groups is 2. The third kappa shape index (κ3) is 2.91. The number of H-pyrrole nitrogens is 1. The van der Waals surface area contributed by atoms with Gasteiger partial charge in [0.15, 0.2) is 5.82 Å². The number of hydrogen-bond acceptors (Lipinski definition) is 7. The second kappa shape index (κ2) is 5.83. The number of aromatic amines is 1. The third-order valence-corrected chi connectivity index (χ3v) is 2.33. The van der Waals surface area contributed by atoms with Crippen LogP contribution in [0.15, 0.2) is 34.6 Å². The van der Waals surface area contributed by atoms with Gasteiger partial charge < -0.3 is 14.9 Å². The van der Waals surface area contributed by atoms with E-state index in [4.69, 9.17) is 9.84 Å². The van der Waals surface area contributed by atoms with Crippen molar-refractivity contribution in [3.63, 3.8) is 0 Å². The Bertz CT molecular complexity index is 651. The molecule has 8 heteroatoms. The molecule has 0 amide bonds. The number of nitrogens with one attached hydrogen (secondary N) is 1. The highest BCUT2D eigenvalue weighted by molar-refractivity contribution is 5.93. The first-order valence-corrected chi connectivity index (χ1v) is 5.76. The second-order valence-electron chi connectivity index (χ2n) is 3.73. The number of carbonyl (C=O) groups excluding carboxylic acids is 1. The first kappa shape index (κ1) is 13.5. The highest BCUT2D eigenvalue weighted by atomic mass is 16.5. The summed E-state index contributed by atoms with van der Waals surface area (Å²) in [7, 11) is 0. The van der Waals surface area contributed by atoms with E-state index in [0.717, 1.165) is 6.07 Å². The van der Waals surface area contributed by atoms with Crippen molar-refractivity contribution < 1.29 is 19.7 Å². The van der Waals surface area contributed by atoms with Crippen molar-refractivity contribution in [2.24, 2.45) is 10.2 Å². The normalized spacial score (nSPS) is 10.8. The predicted molar refractivity (Wildman–Crippen MR) is 68.5 cm³/mol. The Kier molecular flexibility index (Phi) is 3.94. The van der Waals surface area contributed by atoms with E-state index < -0.39 is 5.97 Å². The Morgan fingerprint density at radius 3 is 2.90 bits per heavy atom. The van der Waals surface area contributed by atoms with Crippen LogP contribution in [0, 0.1) is 0 Å². The van der Waals surface area contributed by atoms with Crippen LogP contribution in [0.5, 0.6) is 11.5 Å². The number of phenols is 2. The molecule has 0 saturated carbocycles. The number of azo groups is 1. The smallest absolute Gasteiger partial charge is 0.343 e. The summed E-state index contributed by atoms with van der Waals surface area (Å²) >= 11 is 0. The van der Waals surface area contributed by atoms with E-state index in [1.54, 1.807) is 6.92 Å². The molecule has 1 aromatic heterocycles. The molecule has 0 bridgehead atoms. The lowest BCUT2D eigenvalue weighted by Crippen LogP contribution is -2.03. The summed E-state index contributed by atoms with van der Waals surface area (Å²) in [5.74, 6) is -0.762. The molecule has 0 unspecified atom stereocenters. The first-order valence-electron chi connectivity index (χ1n) is 5.76. The molecular weight excluding hydrogens is 264 g/mol. The van der Waals surface area contributed by atoms with Gasteiger partial charge in [0.05, 0.1) is 12.8 Å². The highest BCUT2D eigenvalue weighted by Crippen LogP contribution is 2.31. The second-order valence-corrected chi connectivity index (χ2v) is 3.73. The van der Waals surface area contributed by atoms with Crippen molar-refractivity contribution in [1.29, 1.82) is 0 Å². The van der Waals surface area contributed by atoms with Crippen LogP contribution in [0.2, 0.25) is 0 Å². The number of ether oxygens (including phenoxy) is 1. The molecule has 0 spiro atoms. The number of nitrogens with zero attached hydrogens (tertiary/aromatic N) is 3. The first-order chi connectivity index (χ1) is 9.61. The van der Waals surface area contributed by atoms with Crippen molar-refractivity contribution in [2.75, 3.05) is 6.61 Å². The standard InChI is InChI=1S/C12H12N4O4/c1-2-20-12(19)8-6-13-15-11(8)16-14-9-4-3-7(17)5-10(9)18/h3-6,17-18H,2H2,1H3,(H,13,15). The minimum absolute atomic E-state index is 0.0878. The van der Waals surface area contributed by atoms with Crippen molar-refractivity contribution in [3.8, 4) is 11.5 Å². The molecule has 0 saturated heterocycles. The van der Waals surface area contributed by atoms with Gasteiger partial charge in [-0.15, -0.1) is 10.2 Å². The van der Waals surface area contributed by atoms with Crippen LogP contribution < -0.4 is 0 Å². The van der Waals surface area contributed by atoms with Gasteiger partial charge in [0.2, 0.25) is 0 Å². The van der Waals surface area contributed by atoms with Crippen LogP contribution in [-0.2, 0) is 4.74 Å². The van der Waals surface area contributed by atoms with Crippen LogP contribution in [0.4, 0.5) is 11.5 Å². The molecule has 3 N–H and O–H groups in total. The van der Waals surface area contributed by atoms with Crippen molar-refractivity contribution >= 4 is 17.5 Å². The summed E-state index contributed by atoms with van der Waals surface area (Å²) in [6, 6.07) is 3.87. The molecule has 20 heavy (non-hydrogen) atoms. The SMILES string of the molecule is CCOC(=O)c1cn[nH]c1N=Nc1ccc(O)cc1O. The van der Waals surface area contributed by atoms with Gasteiger partial charge in [-0.1, -0.05) is 0 Å². The minimum Gasteiger partial charge on any atom is -0.508 e. The zero-order chi connectivity index (χ0) is 14.5. The molecule has 0 fully saturated rings. The number of carbonyl (C=O) groups is 1. The molecule has 0 atom stereocenters. The summed E-state index contributed by atoms with van der Waals surface area (Å²) in [6.45, 7) is 1.92. The van der Waals surface area contributed by atoms with Gasteiger partial charge in [-0.2, -0.15) is 5.10 Å². The van der Waals surface area contributed by atoms with Gasteiger partial charge in [-0.25, -0.2) is 4.79 Å². The Hall–Kier alpha value is -2.90.